The molecule has 2 nitrogen and oxygen atoms in total. The molecule has 2 rings (SSSR count). The molecule has 1 fully saturated rings. The molecule has 1 aromatic rings. The fraction of sp³-hybridized carbons (Fsp3) is 0.562. The van der Waals surface area contributed by atoms with Gasteiger partial charge in [0.15, 0.2) is 0 Å². The van der Waals surface area contributed by atoms with Gasteiger partial charge in [0.05, 0.1) is 6.42 Å². The van der Waals surface area contributed by atoms with Crippen LogP contribution in [0.5, 0.6) is 0 Å². The summed E-state index contributed by atoms with van der Waals surface area (Å²) in [5.41, 5.74) is 2.36. The third-order valence-corrected chi connectivity index (χ3v) is 4.37. The number of alkyl halides is 1. The first-order chi connectivity index (χ1) is 9.20. The molecular formula is C16H22BrNO. The van der Waals surface area contributed by atoms with Crippen LogP contribution < -0.4 is 0 Å². The molecule has 1 aromatic carbocycles. The number of halogens is 1. The molecule has 3 heteroatoms. The van der Waals surface area contributed by atoms with Crippen molar-refractivity contribution in [1.82, 2.24) is 4.90 Å². The van der Waals surface area contributed by atoms with Crippen LogP contribution >= 0.6 is 15.9 Å². The van der Waals surface area contributed by atoms with E-state index in [4.69, 9.17) is 0 Å². The molecule has 1 heterocycles. The highest BCUT2D eigenvalue weighted by atomic mass is 79.9. The minimum absolute atomic E-state index is 0.294. The van der Waals surface area contributed by atoms with Crippen LogP contribution in [0.2, 0.25) is 0 Å². The van der Waals surface area contributed by atoms with Gasteiger partial charge in [-0.25, -0.2) is 0 Å². The fourth-order valence-electron chi connectivity index (χ4n) is 2.88. The van der Waals surface area contributed by atoms with Gasteiger partial charge in [-0.1, -0.05) is 45.8 Å². The van der Waals surface area contributed by atoms with E-state index in [1.54, 1.807) is 0 Å². The minimum atomic E-state index is 0.294. The first kappa shape index (κ1) is 14.6. The van der Waals surface area contributed by atoms with Crippen molar-refractivity contribution in [1.29, 1.82) is 0 Å². The van der Waals surface area contributed by atoms with Crippen LogP contribution in [0.3, 0.4) is 0 Å². The molecule has 0 saturated carbocycles. The summed E-state index contributed by atoms with van der Waals surface area (Å²) in [6, 6.07) is 8.73. The molecule has 0 radical (unpaired) electrons. The zero-order valence-corrected chi connectivity index (χ0v) is 13.2. The van der Waals surface area contributed by atoms with E-state index in [9.17, 15) is 4.79 Å². The van der Waals surface area contributed by atoms with Crippen LogP contribution in [0, 0.1) is 6.92 Å². The maximum absolute atomic E-state index is 12.4. The highest BCUT2D eigenvalue weighted by Crippen LogP contribution is 2.22. The van der Waals surface area contributed by atoms with Crippen LogP contribution in [0.15, 0.2) is 24.3 Å². The third-order valence-electron chi connectivity index (χ3n) is 3.81. The van der Waals surface area contributed by atoms with E-state index < -0.39 is 0 Å². The summed E-state index contributed by atoms with van der Waals surface area (Å²) >= 11 is 3.47. The Labute approximate surface area is 124 Å². The largest absolute Gasteiger partial charge is 0.339 e. The quantitative estimate of drug-likeness (QED) is 0.756. The lowest BCUT2D eigenvalue weighted by Crippen LogP contribution is -2.36. The second-order valence-electron chi connectivity index (χ2n) is 5.38. The predicted octanol–water partition coefficient (Wildman–Crippen LogP) is 3.70. The second-order valence-corrected chi connectivity index (χ2v) is 6.17. The van der Waals surface area contributed by atoms with Crippen LogP contribution in [-0.2, 0) is 11.2 Å². The number of benzene rings is 1. The molecule has 1 amide bonds. The number of amides is 1. The molecule has 1 aliphatic rings. The summed E-state index contributed by atoms with van der Waals surface area (Å²) < 4.78 is 0. The van der Waals surface area contributed by atoms with E-state index >= 15 is 0 Å². The molecule has 0 aromatic heterocycles. The second kappa shape index (κ2) is 7.09. The Balaban J connectivity index is 1.95. The van der Waals surface area contributed by atoms with Crippen molar-refractivity contribution in [2.75, 3.05) is 11.9 Å². The van der Waals surface area contributed by atoms with Crippen molar-refractivity contribution in [3.05, 3.63) is 35.4 Å². The number of hydrogen-bond donors (Lipinski definition) is 0. The zero-order chi connectivity index (χ0) is 13.7. The Morgan fingerprint density at radius 1 is 1.47 bits per heavy atom. The number of rotatable bonds is 5. The van der Waals surface area contributed by atoms with Gasteiger partial charge in [-0.2, -0.15) is 0 Å². The SMILES string of the molecule is Cc1cccc(CC(=O)N2CCCC2CCCBr)c1. The van der Waals surface area contributed by atoms with Gasteiger partial charge in [0.1, 0.15) is 0 Å². The molecule has 104 valence electrons. The number of carbonyl (C=O) groups excluding carboxylic acids is 1. The van der Waals surface area contributed by atoms with Gasteiger partial charge in [-0.3, -0.25) is 4.79 Å². The van der Waals surface area contributed by atoms with Crippen LogP contribution in [-0.4, -0.2) is 28.7 Å². The summed E-state index contributed by atoms with van der Waals surface area (Å²) in [6.45, 7) is 3.01. The monoisotopic (exact) mass is 323 g/mol. The Hall–Kier alpha value is -0.830. The van der Waals surface area contributed by atoms with E-state index in [2.05, 4.69) is 46.0 Å². The number of hydrogen-bond acceptors (Lipinski definition) is 1. The molecule has 1 unspecified atom stereocenters. The predicted molar refractivity (Wildman–Crippen MR) is 82.6 cm³/mol. The van der Waals surface area contributed by atoms with E-state index in [0.717, 1.165) is 36.7 Å². The van der Waals surface area contributed by atoms with Crippen molar-refractivity contribution >= 4 is 21.8 Å². The normalized spacial score (nSPS) is 18.8. The Bertz CT molecular complexity index is 433. The van der Waals surface area contributed by atoms with E-state index in [1.807, 2.05) is 6.07 Å². The molecule has 0 aliphatic carbocycles. The smallest absolute Gasteiger partial charge is 0.227 e. The van der Waals surface area contributed by atoms with Gasteiger partial charge in [0, 0.05) is 17.9 Å². The van der Waals surface area contributed by atoms with Gasteiger partial charge in [0.25, 0.3) is 0 Å². The maximum atomic E-state index is 12.4. The lowest BCUT2D eigenvalue weighted by Gasteiger charge is -2.24. The van der Waals surface area contributed by atoms with E-state index in [-0.39, 0.29) is 0 Å². The van der Waals surface area contributed by atoms with Crippen molar-refractivity contribution in [3.8, 4) is 0 Å². The highest BCUT2D eigenvalue weighted by molar-refractivity contribution is 9.09. The summed E-state index contributed by atoms with van der Waals surface area (Å²) in [4.78, 5) is 14.5. The number of likely N-dealkylation sites (tertiary alicyclic amines) is 1. The fourth-order valence-corrected chi connectivity index (χ4v) is 3.20. The van der Waals surface area contributed by atoms with Crippen molar-refractivity contribution < 1.29 is 4.79 Å². The molecule has 0 spiro atoms. The van der Waals surface area contributed by atoms with Gasteiger partial charge in [0.2, 0.25) is 5.91 Å². The van der Waals surface area contributed by atoms with Crippen LogP contribution in [0.1, 0.15) is 36.8 Å². The molecule has 1 aliphatic heterocycles. The molecule has 0 N–H and O–H groups in total. The van der Waals surface area contributed by atoms with E-state index in [0.29, 0.717) is 18.4 Å². The molecule has 19 heavy (non-hydrogen) atoms. The third kappa shape index (κ3) is 4.07. The van der Waals surface area contributed by atoms with Gasteiger partial charge in [-0.15, -0.1) is 0 Å². The lowest BCUT2D eigenvalue weighted by molar-refractivity contribution is -0.131. The van der Waals surface area contributed by atoms with Gasteiger partial charge < -0.3 is 4.90 Å². The summed E-state index contributed by atoms with van der Waals surface area (Å²) in [6.07, 6.45) is 5.16. The van der Waals surface area contributed by atoms with Gasteiger partial charge >= 0.3 is 0 Å². The highest BCUT2D eigenvalue weighted by Gasteiger charge is 2.27. The summed E-state index contributed by atoms with van der Waals surface area (Å²) in [5.74, 6) is 0.294. The standard InChI is InChI=1S/C16H22BrNO/c1-13-5-2-6-14(11-13)12-16(19)18-10-4-8-15(18)7-3-9-17/h2,5-6,11,15H,3-4,7-10,12H2,1H3. The van der Waals surface area contributed by atoms with E-state index in [1.165, 1.54) is 12.0 Å². The molecular weight excluding hydrogens is 302 g/mol. The minimum Gasteiger partial charge on any atom is -0.339 e. The van der Waals surface area contributed by atoms with Gasteiger partial charge in [-0.05, 0) is 38.2 Å². The Kier molecular flexibility index (Phi) is 5.44. The first-order valence-corrected chi connectivity index (χ1v) is 8.24. The Morgan fingerprint density at radius 3 is 3.05 bits per heavy atom. The van der Waals surface area contributed by atoms with Crippen molar-refractivity contribution in [2.45, 2.75) is 45.1 Å². The number of aryl methyl sites for hydroxylation is 1. The van der Waals surface area contributed by atoms with Crippen molar-refractivity contribution in [3.63, 3.8) is 0 Å². The molecule has 1 atom stereocenters. The zero-order valence-electron chi connectivity index (χ0n) is 11.6. The number of carbonyl (C=O) groups is 1. The average Bonchev–Trinajstić information content (AvgIpc) is 2.84. The maximum Gasteiger partial charge on any atom is 0.227 e. The topological polar surface area (TPSA) is 20.3 Å². The summed E-state index contributed by atoms with van der Waals surface area (Å²) in [5, 5.41) is 1.03. The lowest BCUT2D eigenvalue weighted by atomic mass is 10.1. The number of nitrogens with zero attached hydrogens (tertiary/aromatic N) is 1. The molecule has 0 bridgehead atoms. The van der Waals surface area contributed by atoms with Crippen LogP contribution in [0.4, 0.5) is 0 Å². The van der Waals surface area contributed by atoms with Crippen LogP contribution in [0.25, 0.3) is 0 Å². The Morgan fingerprint density at radius 2 is 2.32 bits per heavy atom. The average molecular weight is 324 g/mol. The molecule has 1 saturated heterocycles. The summed E-state index contributed by atoms with van der Waals surface area (Å²) in [7, 11) is 0. The first-order valence-electron chi connectivity index (χ1n) is 7.11. The van der Waals surface area contributed by atoms with Crippen molar-refractivity contribution in [2.24, 2.45) is 0 Å².